The standard InChI is InChI=1S/C12H18N2O4.ClH/c1-17-8-3-4-11(18-2)9(5-8)10(15)7-14-12(16)6-13;/h3-5,10,15H,6-7,13H2,1-2H3,(H,14,16);1H/t10-;/m1./s1. The number of benzene rings is 1. The third kappa shape index (κ3) is 4.94. The quantitative estimate of drug-likeness (QED) is 0.697. The van der Waals surface area contributed by atoms with Crippen LogP contribution in [-0.2, 0) is 4.79 Å². The highest BCUT2D eigenvalue weighted by molar-refractivity contribution is 5.85. The van der Waals surface area contributed by atoms with Crippen molar-refractivity contribution >= 4 is 18.3 Å². The summed E-state index contributed by atoms with van der Waals surface area (Å²) in [6.07, 6.45) is -0.884. The number of amides is 1. The van der Waals surface area contributed by atoms with Crippen LogP contribution >= 0.6 is 12.4 Å². The molecule has 1 rings (SSSR count). The first-order valence-electron chi connectivity index (χ1n) is 5.49. The van der Waals surface area contributed by atoms with Crippen molar-refractivity contribution in [1.82, 2.24) is 5.32 Å². The molecule has 1 aromatic rings. The van der Waals surface area contributed by atoms with E-state index in [0.717, 1.165) is 0 Å². The fourth-order valence-corrected chi connectivity index (χ4v) is 1.49. The monoisotopic (exact) mass is 290 g/mol. The number of nitrogens with two attached hydrogens (primary N) is 1. The van der Waals surface area contributed by atoms with E-state index in [0.29, 0.717) is 17.1 Å². The molecule has 0 saturated carbocycles. The summed E-state index contributed by atoms with van der Waals surface area (Å²) in [6.45, 7) is -0.0402. The van der Waals surface area contributed by atoms with Crippen LogP contribution in [0.4, 0.5) is 0 Å². The molecule has 4 N–H and O–H groups in total. The number of aliphatic hydroxyl groups is 1. The molecule has 1 atom stereocenters. The lowest BCUT2D eigenvalue weighted by atomic mass is 10.1. The molecule has 0 bridgehead atoms. The summed E-state index contributed by atoms with van der Waals surface area (Å²) < 4.78 is 10.2. The summed E-state index contributed by atoms with van der Waals surface area (Å²) in [5.41, 5.74) is 5.71. The van der Waals surface area contributed by atoms with E-state index in [9.17, 15) is 9.90 Å². The topological polar surface area (TPSA) is 93.8 Å². The lowest BCUT2D eigenvalue weighted by molar-refractivity contribution is -0.120. The molecule has 0 aliphatic carbocycles. The van der Waals surface area contributed by atoms with Crippen LogP contribution in [-0.4, -0.2) is 38.3 Å². The van der Waals surface area contributed by atoms with E-state index in [1.807, 2.05) is 0 Å². The van der Waals surface area contributed by atoms with Crippen molar-refractivity contribution < 1.29 is 19.4 Å². The van der Waals surface area contributed by atoms with Gasteiger partial charge in [-0.3, -0.25) is 4.79 Å². The second-order valence-corrected chi connectivity index (χ2v) is 3.63. The predicted octanol–water partition coefficient (Wildman–Crippen LogP) is 0.234. The summed E-state index contributed by atoms with van der Waals surface area (Å²) >= 11 is 0. The smallest absolute Gasteiger partial charge is 0.233 e. The molecule has 6 nitrogen and oxygen atoms in total. The van der Waals surface area contributed by atoms with Crippen LogP contribution in [0, 0.1) is 0 Å². The second-order valence-electron chi connectivity index (χ2n) is 3.63. The van der Waals surface area contributed by atoms with Gasteiger partial charge in [-0.05, 0) is 18.2 Å². The maximum atomic E-state index is 11.0. The van der Waals surface area contributed by atoms with Gasteiger partial charge in [0.25, 0.3) is 0 Å². The normalized spacial score (nSPS) is 11.2. The predicted molar refractivity (Wildman–Crippen MR) is 73.8 cm³/mol. The Morgan fingerprint density at radius 3 is 2.63 bits per heavy atom. The molecule has 0 aliphatic heterocycles. The highest BCUT2D eigenvalue weighted by Gasteiger charge is 2.15. The number of ether oxygens (including phenoxy) is 2. The summed E-state index contributed by atoms with van der Waals surface area (Å²) in [6, 6.07) is 5.09. The van der Waals surface area contributed by atoms with Gasteiger partial charge in [0.2, 0.25) is 5.91 Å². The molecule has 1 amide bonds. The first-order valence-corrected chi connectivity index (χ1v) is 5.49. The molecule has 0 saturated heterocycles. The van der Waals surface area contributed by atoms with E-state index in [1.165, 1.54) is 14.2 Å². The highest BCUT2D eigenvalue weighted by atomic mass is 35.5. The minimum absolute atomic E-state index is 0. The SMILES string of the molecule is COc1ccc(OC)c([C@H](O)CNC(=O)CN)c1.Cl. The zero-order valence-electron chi connectivity index (χ0n) is 10.9. The molecule has 7 heteroatoms. The number of hydrogen-bond acceptors (Lipinski definition) is 5. The van der Waals surface area contributed by atoms with Crippen molar-refractivity contribution in [2.75, 3.05) is 27.3 Å². The minimum Gasteiger partial charge on any atom is -0.497 e. The van der Waals surface area contributed by atoms with Gasteiger partial charge >= 0.3 is 0 Å². The van der Waals surface area contributed by atoms with Gasteiger partial charge in [0.15, 0.2) is 0 Å². The van der Waals surface area contributed by atoms with Crippen molar-refractivity contribution in [2.45, 2.75) is 6.10 Å². The first kappa shape index (κ1) is 17.5. The van der Waals surface area contributed by atoms with Crippen LogP contribution in [0.3, 0.4) is 0 Å². The van der Waals surface area contributed by atoms with E-state index in [2.05, 4.69) is 5.32 Å². The van der Waals surface area contributed by atoms with E-state index >= 15 is 0 Å². The van der Waals surface area contributed by atoms with E-state index in [1.54, 1.807) is 18.2 Å². The Balaban J connectivity index is 0.00000324. The lowest BCUT2D eigenvalue weighted by Gasteiger charge is -2.16. The largest absolute Gasteiger partial charge is 0.497 e. The third-order valence-corrected chi connectivity index (χ3v) is 2.47. The molecule has 0 spiro atoms. The Morgan fingerprint density at radius 1 is 1.42 bits per heavy atom. The molecular formula is C12H19ClN2O4. The fraction of sp³-hybridized carbons (Fsp3) is 0.417. The summed E-state index contributed by atoms with van der Waals surface area (Å²) in [4.78, 5) is 11.0. The number of carbonyl (C=O) groups excluding carboxylic acids is 1. The molecule has 0 heterocycles. The number of halogens is 1. The van der Waals surface area contributed by atoms with Gasteiger partial charge in [-0.2, -0.15) is 0 Å². The number of nitrogens with one attached hydrogen (secondary N) is 1. The molecule has 19 heavy (non-hydrogen) atoms. The Hall–Kier alpha value is -1.50. The zero-order valence-corrected chi connectivity index (χ0v) is 11.7. The van der Waals surface area contributed by atoms with Crippen LogP contribution in [0.1, 0.15) is 11.7 Å². The highest BCUT2D eigenvalue weighted by Crippen LogP contribution is 2.28. The summed E-state index contributed by atoms with van der Waals surface area (Å²) in [7, 11) is 3.05. The third-order valence-electron chi connectivity index (χ3n) is 2.47. The van der Waals surface area contributed by atoms with Crippen molar-refractivity contribution in [3.05, 3.63) is 23.8 Å². The minimum atomic E-state index is -0.884. The average molecular weight is 291 g/mol. The maximum absolute atomic E-state index is 11.0. The van der Waals surface area contributed by atoms with E-state index in [-0.39, 0.29) is 31.4 Å². The van der Waals surface area contributed by atoms with Gasteiger partial charge in [-0.1, -0.05) is 0 Å². The van der Waals surface area contributed by atoms with E-state index < -0.39 is 6.10 Å². The summed E-state index contributed by atoms with van der Waals surface area (Å²) in [5.74, 6) is 0.816. The second kappa shape index (κ2) is 8.58. The number of aliphatic hydroxyl groups excluding tert-OH is 1. The van der Waals surface area contributed by atoms with Crippen molar-refractivity contribution in [3.8, 4) is 11.5 Å². The van der Waals surface area contributed by atoms with Crippen LogP contribution in [0.5, 0.6) is 11.5 Å². The number of carbonyl (C=O) groups is 1. The number of hydrogen-bond donors (Lipinski definition) is 3. The molecule has 108 valence electrons. The Labute approximate surface area is 118 Å². The molecule has 0 aliphatic rings. The van der Waals surface area contributed by atoms with Crippen LogP contribution in [0.2, 0.25) is 0 Å². The molecule has 0 fully saturated rings. The van der Waals surface area contributed by atoms with Gasteiger partial charge in [-0.25, -0.2) is 0 Å². The Morgan fingerprint density at radius 2 is 2.11 bits per heavy atom. The summed E-state index contributed by atoms with van der Waals surface area (Å²) in [5, 5.41) is 12.5. The molecule has 0 aromatic heterocycles. The number of rotatable bonds is 6. The lowest BCUT2D eigenvalue weighted by Crippen LogP contribution is -2.33. The number of methoxy groups -OCH3 is 2. The van der Waals surface area contributed by atoms with Crippen LogP contribution < -0.4 is 20.5 Å². The van der Waals surface area contributed by atoms with Gasteiger partial charge < -0.3 is 25.6 Å². The van der Waals surface area contributed by atoms with Gasteiger partial charge in [-0.15, -0.1) is 12.4 Å². The Kier molecular flexibility index (Phi) is 7.90. The molecule has 0 radical (unpaired) electrons. The van der Waals surface area contributed by atoms with Crippen molar-refractivity contribution in [1.29, 1.82) is 0 Å². The maximum Gasteiger partial charge on any atom is 0.233 e. The molecule has 0 unspecified atom stereocenters. The molecule has 1 aromatic carbocycles. The van der Waals surface area contributed by atoms with Crippen molar-refractivity contribution in [2.24, 2.45) is 5.73 Å². The van der Waals surface area contributed by atoms with Gasteiger partial charge in [0.1, 0.15) is 11.5 Å². The zero-order chi connectivity index (χ0) is 13.5. The van der Waals surface area contributed by atoms with Gasteiger partial charge in [0, 0.05) is 12.1 Å². The van der Waals surface area contributed by atoms with Crippen LogP contribution in [0.25, 0.3) is 0 Å². The van der Waals surface area contributed by atoms with E-state index in [4.69, 9.17) is 15.2 Å². The Bertz CT molecular complexity index is 415. The van der Waals surface area contributed by atoms with Crippen molar-refractivity contribution in [3.63, 3.8) is 0 Å². The molecular weight excluding hydrogens is 272 g/mol. The fourth-order valence-electron chi connectivity index (χ4n) is 1.49. The first-order chi connectivity index (χ1) is 8.62. The van der Waals surface area contributed by atoms with Gasteiger partial charge in [0.05, 0.1) is 26.9 Å². The van der Waals surface area contributed by atoms with Crippen LogP contribution in [0.15, 0.2) is 18.2 Å². The average Bonchev–Trinajstić information content (AvgIpc) is 2.43.